The molecule has 0 aromatic carbocycles. The minimum absolute atomic E-state index is 0.0285. The highest BCUT2D eigenvalue weighted by molar-refractivity contribution is 7.07. The number of thiophene rings is 1. The van der Waals surface area contributed by atoms with Crippen LogP contribution in [0.4, 0.5) is 0 Å². The summed E-state index contributed by atoms with van der Waals surface area (Å²) in [5.74, 6) is 0.0199. The molecular formula is C16H24N2O2S. The molecule has 2 heterocycles. The minimum atomic E-state index is -0.397. The van der Waals surface area contributed by atoms with Crippen LogP contribution in [0.1, 0.15) is 39.7 Å². The van der Waals surface area contributed by atoms with Gasteiger partial charge in [-0.2, -0.15) is 11.3 Å². The third-order valence-corrected chi connectivity index (χ3v) is 4.64. The van der Waals surface area contributed by atoms with Crippen molar-refractivity contribution in [1.82, 2.24) is 10.2 Å². The van der Waals surface area contributed by atoms with Crippen LogP contribution in [0.5, 0.6) is 0 Å². The summed E-state index contributed by atoms with van der Waals surface area (Å²) in [6, 6.07) is 1.30. The standard InChI is InChI=1S/C16H24N2O2S/c1-5-12-15(20)18(8-6-11-7-9-21-10-11)13(14(19)17-12)16(2,3)4/h7,9-10,12-13H,5-6,8H2,1-4H3,(H,17,19). The van der Waals surface area contributed by atoms with E-state index in [-0.39, 0.29) is 23.3 Å². The third-order valence-electron chi connectivity index (χ3n) is 3.91. The molecule has 4 nitrogen and oxygen atoms in total. The Morgan fingerprint density at radius 2 is 2.05 bits per heavy atom. The largest absolute Gasteiger partial charge is 0.342 e. The summed E-state index contributed by atoms with van der Waals surface area (Å²) in [6.45, 7) is 8.55. The van der Waals surface area contributed by atoms with E-state index in [1.54, 1.807) is 16.2 Å². The molecule has 2 atom stereocenters. The third kappa shape index (κ3) is 3.46. The lowest BCUT2D eigenvalue weighted by Gasteiger charge is -2.44. The summed E-state index contributed by atoms with van der Waals surface area (Å²) in [5.41, 5.74) is 0.951. The first kappa shape index (κ1) is 16.0. The lowest BCUT2D eigenvalue weighted by atomic mass is 9.82. The number of amides is 2. The number of nitrogens with one attached hydrogen (secondary N) is 1. The number of nitrogens with zero attached hydrogens (tertiary/aromatic N) is 1. The first-order valence-electron chi connectivity index (χ1n) is 7.46. The quantitative estimate of drug-likeness (QED) is 0.929. The Hall–Kier alpha value is -1.36. The van der Waals surface area contributed by atoms with Crippen molar-refractivity contribution in [1.29, 1.82) is 0 Å². The molecule has 1 aromatic heterocycles. The van der Waals surface area contributed by atoms with Crippen LogP contribution in [0.2, 0.25) is 0 Å². The molecule has 5 heteroatoms. The summed E-state index contributed by atoms with van der Waals surface area (Å²) in [7, 11) is 0. The smallest absolute Gasteiger partial charge is 0.245 e. The van der Waals surface area contributed by atoms with Gasteiger partial charge in [0, 0.05) is 6.54 Å². The van der Waals surface area contributed by atoms with Crippen LogP contribution in [0.25, 0.3) is 0 Å². The van der Waals surface area contributed by atoms with Crippen molar-refractivity contribution < 1.29 is 9.59 Å². The van der Waals surface area contributed by atoms with Gasteiger partial charge in [-0.25, -0.2) is 0 Å². The van der Waals surface area contributed by atoms with Gasteiger partial charge in [0.2, 0.25) is 11.8 Å². The fourth-order valence-corrected chi connectivity index (χ4v) is 3.55. The maximum Gasteiger partial charge on any atom is 0.245 e. The van der Waals surface area contributed by atoms with Crippen molar-refractivity contribution in [3.8, 4) is 0 Å². The molecule has 2 unspecified atom stereocenters. The number of carbonyl (C=O) groups is 2. The van der Waals surface area contributed by atoms with E-state index in [9.17, 15) is 9.59 Å². The SMILES string of the molecule is CCC1NC(=O)C(C(C)(C)C)N(CCc2ccsc2)C1=O. The highest BCUT2D eigenvalue weighted by Gasteiger charge is 2.45. The lowest BCUT2D eigenvalue weighted by molar-refractivity contribution is -0.153. The van der Waals surface area contributed by atoms with Gasteiger partial charge in [-0.1, -0.05) is 27.7 Å². The minimum Gasteiger partial charge on any atom is -0.342 e. The van der Waals surface area contributed by atoms with E-state index in [0.29, 0.717) is 13.0 Å². The highest BCUT2D eigenvalue weighted by atomic mass is 32.1. The van der Waals surface area contributed by atoms with Crippen molar-refractivity contribution in [3.63, 3.8) is 0 Å². The van der Waals surface area contributed by atoms with Gasteiger partial charge in [0.15, 0.2) is 0 Å². The zero-order valence-electron chi connectivity index (χ0n) is 13.2. The van der Waals surface area contributed by atoms with Gasteiger partial charge in [-0.15, -0.1) is 0 Å². The molecule has 0 spiro atoms. The normalized spacial score (nSPS) is 23.3. The Morgan fingerprint density at radius 1 is 1.33 bits per heavy atom. The average molecular weight is 308 g/mol. The van der Waals surface area contributed by atoms with Crippen molar-refractivity contribution in [3.05, 3.63) is 22.4 Å². The first-order valence-corrected chi connectivity index (χ1v) is 8.40. The van der Waals surface area contributed by atoms with Crippen LogP contribution in [0, 0.1) is 5.41 Å². The van der Waals surface area contributed by atoms with Crippen molar-refractivity contribution in [2.24, 2.45) is 5.41 Å². The lowest BCUT2D eigenvalue weighted by Crippen LogP contribution is -2.66. The summed E-state index contributed by atoms with van der Waals surface area (Å²) in [4.78, 5) is 26.8. The number of piperazine rings is 1. The maximum absolute atomic E-state index is 12.6. The molecule has 2 rings (SSSR count). The van der Waals surface area contributed by atoms with E-state index in [1.165, 1.54) is 5.56 Å². The highest BCUT2D eigenvalue weighted by Crippen LogP contribution is 2.28. The molecule has 1 aliphatic rings. The Morgan fingerprint density at radius 3 is 2.57 bits per heavy atom. The van der Waals surface area contributed by atoms with E-state index in [4.69, 9.17) is 0 Å². The molecule has 1 aromatic rings. The van der Waals surface area contributed by atoms with Gasteiger partial charge in [-0.3, -0.25) is 9.59 Å². The molecule has 1 aliphatic heterocycles. The molecule has 1 fully saturated rings. The van der Waals surface area contributed by atoms with E-state index in [0.717, 1.165) is 6.42 Å². The van der Waals surface area contributed by atoms with Gasteiger partial charge >= 0.3 is 0 Å². The number of carbonyl (C=O) groups excluding carboxylic acids is 2. The van der Waals surface area contributed by atoms with Gasteiger partial charge in [0.1, 0.15) is 12.1 Å². The van der Waals surface area contributed by atoms with Crippen LogP contribution in [-0.2, 0) is 16.0 Å². The molecule has 2 amide bonds. The zero-order chi connectivity index (χ0) is 15.6. The predicted molar refractivity (Wildman–Crippen MR) is 85.2 cm³/mol. The maximum atomic E-state index is 12.6. The molecule has 1 N–H and O–H groups in total. The van der Waals surface area contributed by atoms with E-state index < -0.39 is 6.04 Å². The van der Waals surface area contributed by atoms with Crippen LogP contribution in [-0.4, -0.2) is 35.3 Å². The second kappa shape index (κ2) is 6.18. The zero-order valence-corrected chi connectivity index (χ0v) is 14.0. The van der Waals surface area contributed by atoms with Crippen molar-refractivity contribution in [2.75, 3.05) is 6.54 Å². The molecule has 21 heavy (non-hydrogen) atoms. The van der Waals surface area contributed by atoms with Gasteiger partial charge in [0.25, 0.3) is 0 Å². The topological polar surface area (TPSA) is 49.4 Å². The molecule has 0 bridgehead atoms. The average Bonchev–Trinajstić information content (AvgIpc) is 2.90. The molecule has 0 radical (unpaired) electrons. The summed E-state index contributed by atoms with van der Waals surface area (Å²) in [6.07, 6.45) is 1.43. The second-order valence-corrected chi connectivity index (χ2v) is 7.43. The number of rotatable bonds is 4. The Bertz CT molecular complexity index is 505. The second-order valence-electron chi connectivity index (χ2n) is 6.65. The fraction of sp³-hybridized carbons (Fsp3) is 0.625. The predicted octanol–water partition coefficient (Wildman–Crippen LogP) is 2.44. The van der Waals surface area contributed by atoms with Gasteiger partial charge in [0.05, 0.1) is 0 Å². The summed E-state index contributed by atoms with van der Waals surface area (Å²) < 4.78 is 0. The Balaban J connectivity index is 2.20. The van der Waals surface area contributed by atoms with Crippen LogP contribution >= 0.6 is 11.3 Å². The molecular weight excluding hydrogens is 284 g/mol. The van der Waals surface area contributed by atoms with E-state index in [2.05, 4.69) is 16.8 Å². The number of hydrogen-bond donors (Lipinski definition) is 1. The summed E-state index contributed by atoms with van der Waals surface area (Å²) in [5, 5.41) is 7.00. The van der Waals surface area contributed by atoms with Crippen LogP contribution in [0.3, 0.4) is 0 Å². The fourth-order valence-electron chi connectivity index (χ4n) is 2.84. The van der Waals surface area contributed by atoms with E-state index >= 15 is 0 Å². The van der Waals surface area contributed by atoms with E-state index in [1.807, 2.05) is 33.1 Å². The molecule has 116 valence electrons. The van der Waals surface area contributed by atoms with Crippen molar-refractivity contribution in [2.45, 2.75) is 52.6 Å². The van der Waals surface area contributed by atoms with Crippen LogP contribution in [0.15, 0.2) is 16.8 Å². The first-order chi connectivity index (χ1) is 9.84. The molecule has 0 aliphatic carbocycles. The molecule has 1 saturated heterocycles. The van der Waals surface area contributed by atoms with Crippen molar-refractivity contribution >= 4 is 23.2 Å². The summed E-state index contributed by atoms with van der Waals surface area (Å²) >= 11 is 1.66. The van der Waals surface area contributed by atoms with Crippen LogP contribution < -0.4 is 5.32 Å². The van der Waals surface area contributed by atoms with Gasteiger partial charge < -0.3 is 10.2 Å². The monoisotopic (exact) mass is 308 g/mol. The van der Waals surface area contributed by atoms with Gasteiger partial charge in [-0.05, 0) is 40.6 Å². The number of hydrogen-bond acceptors (Lipinski definition) is 3. The Kier molecular flexibility index (Phi) is 4.71. The Labute approximate surface area is 130 Å². The molecule has 0 saturated carbocycles.